The molecular formula is C16H26N2O. The number of benzene rings is 1. The largest absolute Gasteiger partial charge is 0.496 e. The van der Waals surface area contributed by atoms with Gasteiger partial charge in [-0.05, 0) is 75.4 Å². The maximum atomic E-state index is 5.42. The van der Waals surface area contributed by atoms with Crippen molar-refractivity contribution in [2.45, 2.75) is 33.6 Å². The molecular weight excluding hydrogens is 236 g/mol. The molecule has 1 heterocycles. The number of rotatable bonds is 4. The Morgan fingerprint density at radius 2 is 2.11 bits per heavy atom. The van der Waals surface area contributed by atoms with Gasteiger partial charge in [0.2, 0.25) is 0 Å². The summed E-state index contributed by atoms with van der Waals surface area (Å²) in [5, 5.41) is 7.12. The molecule has 1 aliphatic rings. The van der Waals surface area contributed by atoms with E-state index in [1.165, 1.54) is 41.8 Å². The Morgan fingerprint density at radius 3 is 2.74 bits per heavy atom. The molecule has 1 saturated heterocycles. The SMILES string of the molecule is COc1cc(C)c(NCC2CCCNC2)c(C)c1C. The van der Waals surface area contributed by atoms with Crippen LogP contribution in [0, 0.1) is 26.7 Å². The van der Waals surface area contributed by atoms with Gasteiger partial charge in [-0.25, -0.2) is 0 Å². The minimum absolute atomic E-state index is 0.745. The van der Waals surface area contributed by atoms with E-state index in [-0.39, 0.29) is 0 Å². The van der Waals surface area contributed by atoms with E-state index in [0.717, 1.165) is 24.8 Å². The van der Waals surface area contributed by atoms with Crippen molar-refractivity contribution in [3.05, 3.63) is 22.8 Å². The van der Waals surface area contributed by atoms with E-state index in [2.05, 4.69) is 37.5 Å². The van der Waals surface area contributed by atoms with Crippen LogP contribution in [-0.4, -0.2) is 26.7 Å². The van der Waals surface area contributed by atoms with E-state index in [1.807, 2.05) is 0 Å². The molecule has 2 N–H and O–H groups in total. The molecule has 106 valence electrons. The second kappa shape index (κ2) is 6.29. The third-order valence-electron chi connectivity index (χ3n) is 4.24. The van der Waals surface area contributed by atoms with Gasteiger partial charge in [0.15, 0.2) is 0 Å². The summed E-state index contributed by atoms with van der Waals surface area (Å²) in [6.45, 7) is 9.82. The van der Waals surface area contributed by atoms with Gasteiger partial charge in [-0.3, -0.25) is 0 Å². The molecule has 0 radical (unpaired) electrons. The van der Waals surface area contributed by atoms with Gasteiger partial charge < -0.3 is 15.4 Å². The molecule has 3 nitrogen and oxygen atoms in total. The summed E-state index contributed by atoms with van der Waals surface area (Å²) in [5.41, 5.74) is 5.09. The maximum Gasteiger partial charge on any atom is 0.122 e. The Labute approximate surface area is 116 Å². The third kappa shape index (κ3) is 3.21. The summed E-state index contributed by atoms with van der Waals surface area (Å²) in [5.74, 6) is 1.73. The van der Waals surface area contributed by atoms with E-state index in [0.29, 0.717) is 0 Å². The monoisotopic (exact) mass is 262 g/mol. The minimum Gasteiger partial charge on any atom is -0.496 e. The fraction of sp³-hybridized carbons (Fsp3) is 0.625. The highest BCUT2D eigenvalue weighted by atomic mass is 16.5. The lowest BCUT2D eigenvalue weighted by atomic mass is 9.98. The number of hydrogen-bond donors (Lipinski definition) is 2. The summed E-state index contributed by atoms with van der Waals surface area (Å²) < 4.78 is 5.42. The molecule has 19 heavy (non-hydrogen) atoms. The molecule has 0 saturated carbocycles. The second-order valence-corrected chi connectivity index (χ2v) is 5.61. The van der Waals surface area contributed by atoms with E-state index < -0.39 is 0 Å². The Balaban J connectivity index is 2.09. The van der Waals surface area contributed by atoms with Crippen molar-refractivity contribution in [1.29, 1.82) is 0 Å². The van der Waals surface area contributed by atoms with Crippen LogP contribution in [0.4, 0.5) is 5.69 Å². The highest BCUT2D eigenvalue weighted by Gasteiger charge is 2.15. The highest BCUT2D eigenvalue weighted by Crippen LogP contribution is 2.31. The molecule has 0 aliphatic carbocycles. The third-order valence-corrected chi connectivity index (χ3v) is 4.24. The molecule has 1 aliphatic heterocycles. The lowest BCUT2D eigenvalue weighted by molar-refractivity contribution is 0.392. The summed E-state index contributed by atoms with van der Waals surface area (Å²) in [4.78, 5) is 0. The van der Waals surface area contributed by atoms with Crippen LogP contribution in [0.3, 0.4) is 0 Å². The first kappa shape index (κ1) is 14.2. The molecule has 1 fully saturated rings. The number of methoxy groups -OCH3 is 1. The molecule has 0 aromatic heterocycles. The van der Waals surface area contributed by atoms with Crippen molar-refractivity contribution in [1.82, 2.24) is 5.32 Å². The smallest absolute Gasteiger partial charge is 0.122 e. The number of anilines is 1. The van der Waals surface area contributed by atoms with Crippen LogP contribution in [0.25, 0.3) is 0 Å². The van der Waals surface area contributed by atoms with Crippen molar-refractivity contribution >= 4 is 5.69 Å². The zero-order valence-electron chi connectivity index (χ0n) is 12.6. The average molecular weight is 262 g/mol. The maximum absolute atomic E-state index is 5.42. The van der Waals surface area contributed by atoms with Crippen LogP contribution >= 0.6 is 0 Å². The van der Waals surface area contributed by atoms with Crippen LogP contribution in [-0.2, 0) is 0 Å². The van der Waals surface area contributed by atoms with Crippen LogP contribution in [0.5, 0.6) is 5.75 Å². The van der Waals surface area contributed by atoms with Gasteiger partial charge in [0.05, 0.1) is 7.11 Å². The lowest BCUT2D eigenvalue weighted by Gasteiger charge is -2.25. The zero-order valence-corrected chi connectivity index (χ0v) is 12.6. The highest BCUT2D eigenvalue weighted by molar-refractivity contribution is 5.63. The number of ether oxygens (including phenoxy) is 1. The molecule has 0 spiro atoms. The zero-order chi connectivity index (χ0) is 13.8. The molecule has 3 heteroatoms. The van der Waals surface area contributed by atoms with Crippen molar-refractivity contribution in [3.8, 4) is 5.75 Å². The Morgan fingerprint density at radius 1 is 1.32 bits per heavy atom. The Hall–Kier alpha value is -1.22. The number of piperidine rings is 1. The molecule has 0 amide bonds. The summed E-state index contributed by atoms with van der Waals surface area (Å²) in [6, 6.07) is 2.13. The van der Waals surface area contributed by atoms with Crippen molar-refractivity contribution in [2.75, 3.05) is 32.1 Å². The van der Waals surface area contributed by atoms with E-state index >= 15 is 0 Å². The first-order valence-corrected chi connectivity index (χ1v) is 7.23. The molecule has 1 aromatic rings. The van der Waals surface area contributed by atoms with Crippen LogP contribution in [0.15, 0.2) is 6.07 Å². The summed E-state index contributed by atoms with van der Waals surface area (Å²) in [6.07, 6.45) is 2.62. The number of nitrogens with one attached hydrogen (secondary N) is 2. The lowest BCUT2D eigenvalue weighted by Crippen LogP contribution is -2.33. The second-order valence-electron chi connectivity index (χ2n) is 5.61. The number of hydrogen-bond acceptors (Lipinski definition) is 3. The molecule has 1 aromatic carbocycles. The van der Waals surface area contributed by atoms with Gasteiger partial charge in [-0.1, -0.05) is 0 Å². The van der Waals surface area contributed by atoms with Crippen molar-refractivity contribution < 1.29 is 4.74 Å². The number of aryl methyl sites for hydroxylation is 1. The fourth-order valence-corrected chi connectivity index (χ4v) is 2.87. The quantitative estimate of drug-likeness (QED) is 0.875. The van der Waals surface area contributed by atoms with E-state index in [1.54, 1.807) is 7.11 Å². The van der Waals surface area contributed by atoms with E-state index in [9.17, 15) is 0 Å². The molecule has 1 unspecified atom stereocenters. The van der Waals surface area contributed by atoms with Gasteiger partial charge in [0, 0.05) is 12.2 Å². The predicted octanol–water partition coefficient (Wildman–Crippen LogP) is 3.03. The van der Waals surface area contributed by atoms with Gasteiger partial charge in [0.1, 0.15) is 5.75 Å². The standard InChI is InChI=1S/C16H26N2O/c1-11-8-15(19-4)12(2)13(3)16(11)18-10-14-6-5-7-17-9-14/h8,14,17-18H,5-7,9-10H2,1-4H3. The first-order chi connectivity index (χ1) is 9.13. The molecule has 1 atom stereocenters. The van der Waals surface area contributed by atoms with Crippen LogP contribution < -0.4 is 15.4 Å². The average Bonchev–Trinajstić information content (AvgIpc) is 2.44. The fourth-order valence-electron chi connectivity index (χ4n) is 2.87. The normalized spacial score (nSPS) is 19.3. The van der Waals surface area contributed by atoms with Gasteiger partial charge >= 0.3 is 0 Å². The Bertz CT molecular complexity index is 437. The van der Waals surface area contributed by atoms with Crippen LogP contribution in [0.1, 0.15) is 29.5 Å². The van der Waals surface area contributed by atoms with E-state index in [4.69, 9.17) is 4.74 Å². The van der Waals surface area contributed by atoms with Gasteiger partial charge in [-0.2, -0.15) is 0 Å². The van der Waals surface area contributed by atoms with Gasteiger partial charge in [0.25, 0.3) is 0 Å². The summed E-state index contributed by atoms with van der Waals surface area (Å²) in [7, 11) is 1.74. The van der Waals surface area contributed by atoms with Crippen molar-refractivity contribution in [2.24, 2.45) is 5.92 Å². The Kier molecular flexibility index (Phi) is 4.70. The molecule has 2 rings (SSSR count). The van der Waals surface area contributed by atoms with Crippen LogP contribution in [0.2, 0.25) is 0 Å². The summed E-state index contributed by atoms with van der Waals surface area (Å²) >= 11 is 0. The van der Waals surface area contributed by atoms with Gasteiger partial charge in [-0.15, -0.1) is 0 Å². The minimum atomic E-state index is 0.745. The molecule has 0 bridgehead atoms. The topological polar surface area (TPSA) is 33.3 Å². The van der Waals surface area contributed by atoms with Crippen molar-refractivity contribution in [3.63, 3.8) is 0 Å². The first-order valence-electron chi connectivity index (χ1n) is 7.23. The predicted molar refractivity (Wildman–Crippen MR) is 81.3 cm³/mol.